The summed E-state index contributed by atoms with van der Waals surface area (Å²) in [6, 6.07) is 0. The average molecular weight is 198 g/mol. The van der Waals surface area contributed by atoms with Crippen LogP contribution in [0.15, 0.2) is 0 Å². The van der Waals surface area contributed by atoms with E-state index in [2.05, 4.69) is 6.92 Å². The topological polar surface area (TPSA) is 29.5 Å². The molecule has 1 heterocycles. The summed E-state index contributed by atoms with van der Waals surface area (Å²) in [7, 11) is 0. The van der Waals surface area contributed by atoms with E-state index in [0.717, 1.165) is 44.8 Å². The van der Waals surface area contributed by atoms with Gasteiger partial charge in [-0.05, 0) is 44.4 Å². The second-order valence-electron chi connectivity index (χ2n) is 5.20. The Hall–Kier alpha value is -0.0800. The van der Waals surface area contributed by atoms with Crippen molar-refractivity contribution >= 4 is 0 Å². The molecule has 0 aromatic carbocycles. The molecule has 2 heteroatoms. The molecule has 1 aliphatic carbocycles. The Morgan fingerprint density at radius 3 is 2.50 bits per heavy atom. The third-order valence-corrected chi connectivity index (χ3v) is 4.06. The lowest BCUT2D eigenvalue weighted by Crippen LogP contribution is -2.44. The summed E-state index contributed by atoms with van der Waals surface area (Å²) >= 11 is 0. The van der Waals surface area contributed by atoms with E-state index in [-0.39, 0.29) is 0 Å². The molecular weight excluding hydrogens is 176 g/mol. The molecule has 0 radical (unpaired) electrons. The van der Waals surface area contributed by atoms with Crippen LogP contribution in [0.5, 0.6) is 0 Å². The zero-order valence-electron chi connectivity index (χ0n) is 9.17. The second-order valence-corrected chi connectivity index (χ2v) is 5.20. The molecule has 1 aliphatic heterocycles. The first kappa shape index (κ1) is 10.4. The maximum absolute atomic E-state index is 10.5. The maximum atomic E-state index is 10.5. The van der Waals surface area contributed by atoms with Gasteiger partial charge in [-0.3, -0.25) is 0 Å². The van der Waals surface area contributed by atoms with Crippen LogP contribution in [0, 0.1) is 11.8 Å². The first-order chi connectivity index (χ1) is 6.71. The van der Waals surface area contributed by atoms with Crippen LogP contribution in [-0.2, 0) is 4.74 Å². The first-order valence-electron chi connectivity index (χ1n) is 6.01. The fourth-order valence-electron chi connectivity index (χ4n) is 2.83. The van der Waals surface area contributed by atoms with Gasteiger partial charge in [-0.15, -0.1) is 0 Å². The van der Waals surface area contributed by atoms with E-state index in [9.17, 15) is 5.11 Å². The Kier molecular flexibility index (Phi) is 3.13. The van der Waals surface area contributed by atoms with Crippen molar-refractivity contribution < 1.29 is 9.84 Å². The molecule has 2 fully saturated rings. The van der Waals surface area contributed by atoms with E-state index in [1.165, 1.54) is 12.8 Å². The van der Waals surface area contributed by atoms with E-state index < -0.39 is 5.60 Å². The minimum atomic E-state index is -0.396. The van der Waals surface area contributed by atoms with Gasteiger partial charge in [-0.25, -0.2) is 0 Å². The SMILES string of the molecule is CC1CCC(O)(C2CCCOC2)CC1. The molecular formula is C12H22O2. The van der Waals surface area contributed by atoms with Gasteiger partial charge in [0.25, 0.3) is 0 Å². The summed E-state index contributed by atoms with van der Waals surface area (Å²) in [5.41, 5.74) is -0.396. The van der Waals surface area contributed by atoms with E-state index >= 15 is 0 Å². The van der Waals surface area contributed by atoms with Crippen molar-refractivity contribution in [3.8, 4) is 0 Å². The summed E-state index contributed by atoms with van der Waals surface area (Å²) in [5, 5.41) is 10.5. The molecule has 2 nitrogen and oxygen atoms in total. The van der Waals surface area contributed by atoms with E-state index in [1.807, 2.05) is 0 Å². The number of hydrogen-bond donors (Lipinski definition) is 1. The molecule has 1 saturated carbocycles. The quantitative estimate of drug-likeness (QED) is 0.701. The number of hydrogen-bond acceptors (Lipinski definition) is 2. The third-order valence-electron chi connectivity index (χ3n) is 4.06. The molecule has 1 unspecified atom stereocenters. The van der Waals surface area contributed by atoms with Gasteiger partial charge in [0, 0.05) is 12.5 Å². The summed E-state index contributed by atoms with van der Waals surface area (Å²) in [6.45, 7) is 3.96. The van der Waals surface area contributed by atoms with Crippen molar-refractivity contribution in [3.63, 3.8) is 0 Å². The molecule has 0 amide bonds. The lowest BCUT2D eigenvalue weighted by molar-refractivity contribution is -0.103. The van der Waals surface area contributed by atoms with Crippen LogP contribution in [0.1, 0.15) is 45.4 Å². The third kappa shape index (κ3) is 2.12. The molecule has 0 aromatic rings. The van der Waals surface area contributed by atoms with Gasteiger partial charge in [0.05, 0.1) is 12.2 Å². The van der Waals surface area contributed by atoms with Crippen LogP contribution < -0.4 is 0 Å². The Bertz CT molecular complexity index is 177. The van der Waals surface area contributed by atoms with Crippen molar-refractivity contribution in [2.24, 2.45) is 11.8 Å². The van der Waals surface area contributed by atoms with Crippen molar-refractivity contribution in [3.05, 3.63) is 0 Å². The van der Waals surface area contributed by atoms with E-state index in [1.54, 1.807) is 0 Å². The summed E-state index contributed by atoms with van der Waals surface area (Å²) in [6.07, 6.45) is 6.64. The first-order valence-corrected chi connectivity index (χ1v) is 6.01. The van der Waals surface area contributed by atoms with Gasteiger partial charge in [-0.1, -0.05) is 6.92 Å². The van der Waals surface area contributed by atoms with Crippen LogP contribution in [0.2, 0.25) is 0 Å². The lowest BCUT2D eigenvalue weighted by atomic mass is 9.71. The molecule has 1 N–H and O–H groups in total. The molecule has 0 spiro atoms. The predicted octanol–water partition coefficient (Wildman–Crippen LogP) is 2.35. The Morgan fingerprint density at radius 1 is 1.21 bits per heavy atom. The standard InChI is InChI=1S/C12H22O2/c1-10-4-6-12(13,7-5-10)11-3-2-8-14-9-11/h10-11,13H,2-9H2,1H3. The van der Waals surface area contributed by atoms with Crippen LogP contribution in [0.3, 0.4) is 0 Å². The molecule has 82 valence electrons. The van der Waals surface area contributed by atoms with Crippen LogP contribution in [-0.4, -0.2) is 23.9 Å². The zero-order valence-corrected chi connectivity index (χ0v) is 9.17. The number of aliphatic hydroxyl groups is 1. The second kappa shape index (κ2) is 4.19. The molecule has 2 aliphatic rings. The predicted molar refractivity (Wildman–Crippen MR) is 56.1 cm³/mol. The fourth-order valence-corrected chi connectivity index (χ4v) is 2.83. The van der Waals surface area contributed by atoms with Crippen molar-refractivity contribution in [2.45, 2.75) is 51.0 Å². The molecule has 1 saturated heterocycles. The van der Waals surface area contributed by atoms with Crippen molar-refractivity contribution in [1.82, 2.24) is 0 Å². The highest BCUT2D eigenvalue weighted by atomic mass is 16.5. The molecule has 0 bridgehead atoms. The van der Waals surface area contributed by atoms with Gasteiger partial charge in [-0.2, -0.15) is 0 Å². The van der Waals surface area contributed by atoms with Gasteiger partial charge in [0.1, 0.15) is 0 Å². The van der Waals surface area contributed by atoms with Gasteiger partial charge >= 0.3 is 0 Å². The maximum Gasteiger partial charge on any atom is 0.0698 e. The van der Waals surface area contributed by atoms with Crippen molar-refractivity contribution in [2.75, 3.05) is 13.2 Å². The van der Waals surface area contributed by atoms with E-state index in [0.29, 0.717) is 5.92 Å². The Labute approximate surface area is 86.6 Å². The fraction of sp³-hybridized carbons (Fsp3) is 1.00. The zero-order chi connectivity index (χ0) is 10.0. The van der Waals surface area contributed by atoms with Gasteiger partial charge in [0.2, 0.25) is 0 Å². The summed E-state index contributed by atoms with van der Waals surface area (Å²) < 4.78 is 5.47. The molecule has 2 rings (SSSR count). The Morgan fingerprint density at radius 2 is 1.93 bits per heavy atom. The molecule has 0 aromatic heterocycles. The number of ether oxygens (including phenoxy) is 1. The lowest BCUT2D eigenvalue weighted by Gasteiger charge is -2.42. The van der Waals surface area contributed by atoms with Gasteiger partial charge < -0.3 is 9.84 Å². The summed E-state index contributed by atoms with van der Waals surface area (Å²) in [5.74, 6) is 1.21. The number of rotatable bonds is 1. The van der Waals surface area contributed by atoms with Gasteiger partial charge in [0.15, 0.2) is 0 Å². The van der Waals surface area contributed by atoms with Crippen LogP contribution >= 0.6 is 0 Å². The highest BCUT2D eigenvalue weighted by Crippen LogP contribution is 2.39. The smallest absolute Gasteiger partial charge is 0.0698 e. The largest absolute Gasteiger partial charge is 0.390 e. The summed E-state index contributed by atoms with van der Waals surface area (Å²) in [4.78, 5) is 0. The molecule has 1 atom stereocenters. The monoisotopic (exact) mass is 198 g/mol. The van der Waals surface area contributed by atoms with Crippen LogP contribution in [0.4, 0.5) is 0 Å². The Balaban J connectivity index is 1.93. The average Bonchev–Trinajstić information content (AvgIpc) is 2.24. The van der Waals surface area contributed by atoms with E-state index in [4.69, 9.17) is 4.74 Å². The highest BCUT2D eigenvalue weighted by molar-refractivity contribution is 4.91. The minimum absolute atomic E-state index is 0.396. The normalized spacial score (nSPS) is 45.0. The van der Waals surface area contributed by atoms with Crippen molar-refractivity contribution in [1.29, 1.82) is 0 Å². The molecule has 14 heavy (non-hydrogen) atoms. The van der Waals surface area contributed by atoms with Crippen LogP contribution in [0.25, 0.3) is 0 Å². The highest BCUT2D eigenvalue weighted by Gasteiger charge is 2.39. The minimum Gasteiger partial charge on any atom is -0.390 e.